The maximum Gasteiger partial charge on any atom is 0.312 e. The SMILES string of the molecule is CCOCC1CCCN(C(=O)c2ccc(CNC(N)=O)cc2)C1. The number of benzene rings is 1. The lowest BCUT2D eigenvalue weighted by molar-refractivity contribution is 0.0501. The standard InChI is InChI=1S/C17H25N3O3/c1-2-23-12-14-4-3-9-20(11-14)16(21)15-7-5-13(6-8-15)10-19-17(18)22/h5-8,14H,2-4,9-12H2,1H3,(H3,18,19,22). The van der Waals surface area contributed by atoms with E-state index in [1.807, 2.05) is 24.0 Å². The molecule has 0 aromatic heterocycles. The van der Waals surface area contributed by atoms with Crippen molar-refractivity contribution in [3.63, 3.8) is 0 Å². The number of primary amides is 1. The van der Waals surface area contributed by atoms with Gasteiger partial charge in [-0.2, -0.15) is 0 Å². The number of ether oxygens (including phenoxy) is 1. The molecule has 1 unspecified atom stereocenters. The Kier molecular flexibility index (Phi) is 6.40. The molecule has 1 fully saturated rings. The summed E-state index contributed by atoms with van der Waals surface area (Å²) in [6, 6.07) is 6.72. The Morgan fingerprint density at radius 3 is 2.74 bits per heavy atom. The van der Waals surface area contributed by atoms with Gasteiger partial charge in [0.25, 0.3) is 5.91 Å². The molecule has 0 aliphatic carbocycles. The van der Waals surface area contributed by atoms with Gasteiger partial charge in [-0.15, -0.1) is 0 Å². The molecule has 23 heavy (non-hydrogen) atoms. The highest BCUT2D eigenvalue weighted by Crippen LogP contribution is 2.19. The summed E-state index contributed by atoms with van der Waals surface area (Å²) in [6.07, 6.45) is 2.13. The van der Waals surface area contributed by atoms with Crippen LogP contribution in [0.5, 0.6) is 0 Å². The van der Waals surface area contributed by atoms with E-state index in [9.17, 15) is 9.59 Å². The van der Waals surface area contributed by atoms with Crippen LogP contribution in [0.1, 0.15) is 35.7 Å². The van der Waals surface area contributed by atoms with Crippen LogP contribution in [-0.2, 0) is 11.3 Å². The summed E-state index contributed by atoms with van der Waals surface area (Å²) < 4.78 is 5.49. The van der Waals surface area contributed by atoms with Crippen LogP contribution in [0.3, 0.4) is 0 Å². The minimum atomic E-state index is -0.557. The van der Waals surface area contributed by atoms with Crippen molar-refractivity contribution in [3.8, 4) is 0 Å². The minimum absolute atomic E-state index is 0.0561. The fraction of sp³-hybridized carbons (Fsp3) is 0.529. The van der Waals surface area contributed by atoms with E-state index in [1.54, 1.807) is 12.1 Å². The van der Waals surface area contributed by atoms with Crippen molar-refractivity contribution in [2.45, 2.75) is 26.3 Å². The number of amides is 3. The van der Waals surface area contributed by atoms with Crippen molar-refractivity contribution in [1.82, 2.24) is 10.2 Å². The van der Waals surface area contributed by atoms with Gasteiger partial charge in [-0.1, -0.05) is 12.1 Å². The van der Waals surface area contributed by atoms with E-state index >= 15 is 0 Å². The van der Waals surface area contributed by atoms with Crippen LogP contribution in [0.25, 0.3) is 0 Å². The zero-order valence-corrected chi connectivity index (χ0v) is 13.6. The van der Waals surface area contributed by atoms with E-state index in [-0.39, 0.29) is 5.91 Å². The van der Waals surface area contributed by atoms with E-state index in [1.165, 1.54) is 0 Å². The Balaban J connectivity index is 1.92. The average molecular weight is 319 g/mol. The van der Waals surface area contributed by atoms with E-state index < -0.39 is 6.03 Å². The van der Waals surface area contributed by atoms with Crippen LogP contribution in [0, 0.1) is 5.92 Å². The van der Waals surface area contributed by atoms with E-state index in [2.05, 4.69) is 5.32 Å². The zero-order valence-electron chi connectivity index (χ0n) is 13.6. The second-order valence-corrected chi connectivity index (χ2v) is 5.83. The molecular formula is C17H25N3O3. The monoisotopic (exact) mass is 319 g/mol. The number of nitrogens with zero attached hydrogens (tertiary/aromatic N) is 1. The minimum Gasteiger partial charge on any atom is -0.381 e. The van der Waals surface area contributed by atoms with Crippen molar-refractivity contribution in [2.24, 2.45) is 11.7 Å². The van der Waals surface area contributed by atoms with Crippen LogP contribution >= 0.6 is 0 Å². The maximum atomic E-state index is 12.6. The molecule has 0 radical (unpaired) electrons. The quantitative estimate of drug-likeness (QED) is 0.837. The highest BCUT2D eigenvalue weighted by molar-refractivity contribution is 5.94. The molecule has 1 atom stereocenters. The lowest BCUT2D eigenvalue weighted by atomic mass is 9.98. The smallest absolute Gasteiger partial charge is 0.312 e. The van der Waals surface area contributed by atoms with Crippen molar-refractivity contribution in [3.05, 3.63) is 35.4 Å². The molecule has 3 N–H and O–H groups in total. The summed E-state index contributed by atoms with van der Waals surface area (Å²) in [5.41, 5.74) is 6.62. The number of hydrogen-bond donors (Lipinski definition) is 2. The predicted octanol–water partition coefficient (Wildman–Crippen LogP) is 1.74. The maximum absolute atomic E-state index is 12.6. The van der Waals surface area contributed by atoms with Gasteiger partial charge >= 0.3 is 6.03 Å². The second-order valence-electron chi connectivity index (χ2n) is 5.83. The number of urea groups is 1. The number of nitrogens with two attached hydrogens (primary N) is 1. The molecule has 6 nitrogen and oxygen atoms in total. The first kappa shape index (κ1) is 17.3. The molecule has 1 aliphatic rings. The second kappa shape index (κ2) is 8.53. The third-order valence-corrected chi connectivity index (χ3v) is 4.03. The topological polar surface area (TPSA) is 84.7 Å². The Morgan fingerprint density at radius 2 is 2.09 bits per heavy atom. The summed E-state index contributed by atoms with van der Waals surface area (Å²) in [6.45, 7) is 5.34. The van der Waals surface area contributed by atoms with Gasteiger partial charge in [0.1, 0.15) is 0 Å². The number of carbonyl (C=O) groups is 2. The van der Waals surface area contributed by atoms with Gasteiger partial charge in [0.15, 0.2) is 0 Å². The van der Waals surface area contributed by atoms with Crippen LogP contribution in [0.4, 0.5) is 4.79 Å². The van der Waals surface area contributed by atoms with Crippen molar-refractivity contribution >= 4 is 11.9 Å². The molecule has 126 valence electrons. The molecule has 1 saturated heterocycles. The molecule has 1 heterocycles. The van der Waals surface area contributed by atoms with E-state index in [0.717, 1.165) is 38.1 Å². The van der Waals surface area contributed by atoms with Crippen molar-refractivity contribution in [1.29, 1.82) is 0 Å². The molecule has 0 bridgehead atoms. The van der Waals surface area contributed by atoms with E-state index in [4.69, 9.17) is 10.5 Å². The van der Waals surface area contributed by atoms with Crippen LogP contribution in [0.2, 0.25) is 0 Å². The van der Waals surface area contributed by atoms with E-state index in [0.29, 0.717) is 24.6 Å². The fourth-order valence-electron chi connectivity index (χ4n) is 2.81. The number of likely N-dealkylation sites (tertiary alicyclic amines) is 1. The lowest BCUT2D eigenvalue weighted by Gasteiger charge is -2.32. The Bertz CT molecular complexity index is 530. The first-order valence-corrected chi connectivity index (χ1v) is 8.09. The molecule has 0 spiro atoms. The predicted molar refractivity (Wildman–Crippen MR) is 88.0 cm³/mol. The Labute approximate surface area is 137 Å². The number of nitrogens with one attached hydrogen (secondary N) is 1. The normalized spacial score (nSPS) is 17.8. The largest absolute Gasteiger partial charge is 0.381 e. The van der Waals surface area contributed by atoms with Gasteiger partial charge in [0.2, 0.25) is 0 Å². The fourth-order valence-corrected chi connectivity index (χ4v) is 2.81. The van der Waals surface area contributed by atoms with Gasteiger partial charge in [-0.3, -0.25) is 4.79 Å². The number of carbonyl (C=O) groups excluding carboxylic acids is 2. The summed E-state index contributed by atoms with van der Waals surface area (Å²) in [7, 11) is 0. The van der Waals surface area contributed by atoms with Gasteiger partial charge in [0, 0.05) is 31.8 Å². The summed E-state index contributed by atoms with van der Waals surface area (Å²) in [5, 5.41) is 2.53. The Morgan fingerprint density at radius 1 is 1.35 bits per heavy atom. The Hall–Kier alpha value is -2.08. The molecule has 1 aromatic carbocycles. The molecule has 0 saturated carbocycles. The summed E-state index contributed by atoms with van der Waals surface area (Å²) >= 11 is 0. The number of hydrogen-bond acceptors (Lipinski definition) is 3. The van der Waals surface area contributed by atoms with Crippen molar-refractivity contribution < 1.29 is 14.3 Å². The molecule has 1 aromatic rings. The zero-order chi connectivity index (χ0) is 16.7. The molecule has 2 rings (SSSR count). The number of rotatable bonds is 6. The molecule has 6 heteroatoms. The molecular weight excluding hydrogens is 294 g/mol. The highest BCUT2D eigenvalue weighted by atomic mass is 16.5. The van der Waals surface area contributed by atoms with Gasteiger partial charge in [-0.25, -0.2) is 4.79 Å². The van der Waals surface area contributed by atoms with Crippen LogP contribution < -0.4 is 11.1 Å². The van der Waals surface area contributed by atoms with Crippen LogP contribution in [0.15, 0.2) is 24.3 Å². The highest BCUT2D eigenvalue weighted by Gasteiger charge is 2.24. The molecule has 1 aliphatic heterocycles. The summed E-state index contributed by atoms with van der Waals surface area (Å²) in [5.74, 6) is 0.479. The first-order valence-electron chi connectivity index (χ1n) is 8.09. The third kappa shape index (κ3) is 5.25. The lowest BCUT2D eigenvalue weighted by Crippen LogP contribution is -2.41. The van der Waals surface area contributed by atoms with Crippen LogP contribution in [-0.4, -0.2) is 43.1 Å². The van der Waals surface area contributed by atoms with Gasteiger partial charge in [-0.05, 0) is 43.4 Å². The summed E-state index contributed by atoms with van der Waals surface area (Å²) in [4.78, 5) is 25.2. The third-order valence-electron chi connectivity index (χ3n) is 4.03. The van der Waals surface area contributed by atoms with Crippen molar-refractivity contribution in [2.75, 3.05) is 26.3 Å². The molecule has 3 amide bonds. The first-order chi connectivity index (χ1) is 11.1. The number of piperidine rings is 1. The average Bonchev–Trinajstić information content (AvgIpc) is 2.58. The van der Waals surface area contributed by atoms with Gasteiger partial charge in [0.05, 0.1) is 6.61 Å². The van der Waals surface area contributed by atoms with Gasteiger partial charge < -0.3 is 20.7 Å².